The van der Waals surface area contributed by atoms with Gasteiger partial charge in [0.2, 0.25) is 0 Å². The molecule has 0 nitrogen and oxygen atoms in total. The predicted octanol–water partition coefficient (Wildman–Crippen LogP) is 4.83. The SMILES string of the molecule is C1=Cc2c(ccc3c4c(ccc23)=C(C2=c3ccc5c6c(ccc5c3CC=C2)=CC=C6)C=CC4)=C1. The van der Waals surface area contributed by atoms with Crippen molar-refractivity contribution in [1.82, 2.24) is 0 Å². The summed E-state index contributed by atoms with van der Waals surface area (Å²) in [5, 5.41) is 10.9. The Balaban J connectivity index is 1.47. The van der Waals surface area contributed by atoms with E-state index in [2.05, 4.69) is 109 Å². The van der Waals surface area contributed by atoms with E-state index in [1.54, 1.807) is 0 Å². The first kappa shape index (κ1) is 18.3. The Bertz CT molecular complexity index is 1840. The molecule has 0 amide bonds. The summed E-state index contributed by atoms with van der Waals surface area (Å²) < 4.78 is 0. The minimum absolute atomic E-state index is 0.985. The van der Waals surface area contributed by atoms with Crippen LogP contribution < -0.4 is 20.9 Å². The van der Waals surface area contributed by atoms with Crippen molar-refractivity contribution in [3.63, 3.8) is 0 Å². The van der Waals surface area contributed by atoms with Crippen LogP contribution in [0.2, 0.25) is 0 Å². The van der Waals surface area contributed by atoms with E-state index in [0.717, 1.165) is 12.8 Å². The second kappa shape index (κ2) is 6.68. The largest absolute Gasteiger partial charge is 0.0795 e. The minimum atomic E-state index is 0.985. The van der Waals surface area contributed by atoms with E-state index >= 15 is 0 Å². The number of rotatable bonds is 1. The van der Waals surface area contributed by atoms with Crippen LogP contribution >= 0.6 is 0 Å². The Hall–Kier alpha value is -4.16. The van der Waals surface area contributed by atoms with Gasteiger partial charge in [0.1, 0.15) is 0 Å². The first-order chi connectivity index (χ1) is 16.9. The van der Waals surface area contributed by atoms with Crippen molar-refractivity contribution in [3.8, 4) is 0 Å². The molecular weight excluding hydrogens is 408 g/mol. The van der Waals surface area contributed by atoms with Crippen molar-refractivity contribution in [2.24, 2.45) is 0 Å². The lowest BCUT2D eigenvalue weighted by molar-refractivity contribution is 1.23. The van der Waals surface area contributed by atoms with Crippen LogP contribution in [0, 0.1) is 0 Å². The molecule has 4 aromatic carbocycles. The lowest BCUT2D eigenvalue weighted by Crippen LogP contribution is -2.22. The van der Waals surface area contributed by atoms with E-state index in [9.17, 15) is 0 Å². The molecule has 0 atom stereocenters. The van der Waals surface area contributed by atoms with Crippen LogP contribution in [0.4, 0.5) is 0 Å². The van der Waals surface area contributed by atoms with Crippen LogP contribution in [0.5, 0.6) is 0 Å². The summed E-state index contributed by atoms with van der Waals surface area (Å²) in [7, 11) is 0. The van der Waals surface area contributed by atoms with E-state index in [1.165, 1.54) is 75.8 Å². The van der Waals surface area contributed by atoms with Crippen LogP contribution in [-0.4, -0.2) is 0 Å². The Kier molecular flexibility index (Phi) is 3.59. The van der Waals surface area contributed by atoms with Gasteiger partial charge in [-0.3, -0.25) is 0 Å². The smallest absolute Gasteiger partial charge is 0.00818 e. The summed E-state index contributed by atoms with van der Waals surface area (Å²) >= 11 is 0. The monoisotopic (exact) mass is 430 g/mol. The number of fused-ring (bicyclic) bond motifs is 10. The second-order valence-corrected chi connectivity index (χ2v) is 9.60. The molecule has 4 aliphatic carbocycles. The van der Waals surface area contributed by atoms with E-state index in [4.69, 9.17) is 0 Å². The molecule has 8 rings (SSSR count). The third-order valence-corrected chi connectivity index (χ3v) is 7.94. The number of benzene rings is 4. The third kappa shape index (κ3) is 2.38. The molecule has 158 valence electrons. The molecule has 0 heteroatoms. The van der Waals surface area contributed by atoms with Crippen molar-refractivity contribution in [2.75, 3.05) is 0 Å². The molecule has 0 saturated carbocycles. The first-order valence-corrected chi connectivity index (χ1v) is 12.1. The van der Waals surface area contributed by atoms with Gasteiger partial charge in [-0.05, 0) is 88.7 Å². The number of hydrogen-bond donors (Lipinski definition) is 0. The highest BCUT2D eigenvalue weighted by molar-refractivity contribution is 6.05. The average Bonchev–Trinajstić information content (AvgIpc) is 3.57. The lowest BCUT2D eigenvalue weighted by Gasteiger charge is -2.19. The number of allylic oxidation sites excluding steroid dienone is 6. The zero-order valence-electron chi connectivity index (χ0n) is 18.8. The quantitative estimate of drug-likeness (QED) is 0.406. The van der Waals surface area contributed by atoms with Crippen molar-refractivity contribution < 1.29 is 0 Å². The fourth-order valence-corrected chi connectivity index (χ4v) is 6.36. The van der Waals surface area contributed by atoms with Crippen LogP contribution in [0.3, 0.4) is 0 Å². The highest BCUT2D eigenvalue weighted by atomic mass is 14.2. The molecule has 4 aromatic rings. The first-order valence-electron chi connectivity index (χ1n) is 12.1. The van der Waals surface area contributed by atoms with E-state index < -0.39 is 0 Å². The van der Waals surface area contributed by atoms with E-state index in [-0.39, 0.29) is 0 Å². The molecule has 0 bridgehead atoms. The van der Waals surface area contributed by atoms with Gasteiger partial charge >= 0.3 is 0 Å². The summed E-state index contributed by atoms with van der Waals surface area (Å²) in [6.07, 6.45) is 24.6. The Morgan fingerprint density at radius 3 is 1.41 bits per heavy atom. The molecule has 0 saturated heterocycles. The van der Waals surface area contributed by atoms with Gasteiger partial charge in [0, 0.05) is 0 Å². The van der Waals surface area contributed by atoms with Gasteiger partial charge in [-0.25, -0.2) is 0 Å². The van der Waals surface area contributed by atoms with E-state index in [1.807, 2.05) is 0 Å². The molecule has 0 fully saturated rings. The maximum absolute atomic E-state index is 2.35. The maximum atomic E-state index is 2.35. The van der Waals surface area contributed by atoms with Crippen molar-refractivity contribution >= 4 is 57.0 Å². The fraction of sp³-hybridized carbons (Fsp3) is 0.0588. The van der Waals surface area contributed by atoms with Gasteiger partial charge in [0.25, 0.3) is 0 Å². The molecule has 0 aliphatic heterocycles. The molecule has 0 unspecified atom stereocenters. The van der Waals surface area contributed by atoms with Gasteiger partial charge in [0.15, 0.2) is 0 Å². The maximum Gasteiger partial charge on any atom is -0.00818 e. The average molecular weight is 431 g/mol. The molecular formula is C34H22. The fourth-order valence-electron chi connectivity index (χ4n) is 6.36. The predicted molar refractivity (Wildman–Crippen MR) is 146 cm³/mol. The van der Waals surface area contributed by atoms with Gasteiger partial charge in [-0.2, -0.15) is 0 Å². The van der Waals surface area contributed by atoms with Crippen LogP contribution in [0.15, 0.2) is 85.0 Å². The summed E-state index contributed by atoms with van der Waals surface area (Å²) in [5.41, 5.74) is 8.30. The van der Waals surface area contributed by atoms with Crippen LogP contribution in [0.25, 0.3) is 57.0 Å². The highest BCUT2D eigenvalue weighted by Crippen LogP contribution is 2.29. The molecule has 0 aromatic heterocycles. The van der Waals surface area contributed by atoms with Crippen LogP contribution in [-0.2, 0) is 12.8 Å². The van der Waals surface area contributed by atoms with Crippen molar-refractivity contribution in [2.45, 2.75) is 12.8 Å². The molecule has 0 spiro atoms. The summed E-state index contributed by atoms with van der Waals surface area (Å²) in [5.74, 6) is 0. The van der Waals surface area contributed by atoms with Crippen molar-refractivity contribution in [1.29, 1.82) is 0 Å². The topological polar surface area (TPSA) is 0 Å². The lowest BCUT2D eigenvalue weighted by atomic mass is 9.85. The van der Waals surface area contributed by atoms with Gasteiger partial charge in [0.05, 0.1) is 0 Å². The van der Waals surface area contributed by atoms with Gasteiger partial charge in [-0.15, -0.1) is 0 Å². The molecule has 4 aliphatic rings. The third-order valence-electron chi connectivity index (χ3n) is 7.94. The standard InChI is InChI=1S/C34H22/c1-5-21-13-15-31-27-11-3-9-25(33(27)19-17-29(31)23(21)7-1)26-10-4-12-28-32-16-14-22-6-2-8-24(22)30(32)18-20-34(26)28/h1-10,13-20H,11-12H2. The Morgan fingerprint density at radius 2 is 0.912 bits per heavy atom. The van der Waals surface area contributed by atoms with Gasteiger partial charge < -0.3 is 0 Å². The molecule has 0 radical (unpaired) electrons. The summed E-state index contributed by atoms with van der Waals surface area (Å²) in [4.78, 5) is 0. The molecule has 0 N–H and O–H groups in total. The highest BCUT2D eigenvalue weighted by Gasteiger charge is 2.17. The minimum Gasteiger partial charge on any atom is -0.0795 e. The summed E-state index contributed by atoms with van der Waals surface area (Å²) in [6.45, 7) is 0. The van der Waals surface area contributed by atoms with Crippen molar-refractivity contribution in [3.05, 3.63) is 128 Å². The van der Waals surface area contributed by atoms with Crippen LogP contribution in [0.1, 0.15) is 22.3 Å². The molecule has 0 heterocycles. The zero-order valence-corrected chi connectivity index (χ0v) is 18.8. The normalized spacial score (nSPS) is 16.5. The molecule has 34 heavy (non-hydrogen) atoms. The second-order valence-electron chi connectivity index (χ2n) is 9.60. The Labute approximate surface area is 197 Å². The summed E-state index contributed by atoms with van der Waals surface area (Å²) in [6, 6.07) is 18.6. The Morgan fingerprint density at radius 1 is 0.441 bits per heavy atom. The van der Waals surface area contributed by atoms with Gasteiger partial charge in [-0.1, -0.05) is 109 Å². The zero-order chi connectivity index (χ0) is 22.2. The number of hydrogen-bond acceptors (Lipinski definition) is 0. The van der Waals surface area contributed by atoms with E-state index in [0.29, 0.717) is 0 Å².